The minimum absolute atomic E-state index is 0.00753. The smallest absolute Gasteiger partial charge is 0.319 e. The Morgan fingerprint density at radius 3 is 2.65 bits per heavy atom. The molecule has 23 heavy (non-hydrogen) atoms. The fourth-order valence-corrected chi connectivity index (χ4v) is 2.23. The number of aryl methyl sites for hydroxylation is 3. The highest BCUT2D eigenvalue weighted by Crippen LogP contribution is 2.21. The second kappa shape index (κ2) is 6.91. The van der Waals surface area contributed by atoms with Gasteiger partial charge in [-0.1, -0.05) is 5.16 Å². The highest BCUT2D eigenvalue weighted by molar-refractivity contribution is 5.90. The van der Waals surface area contributed by atoms with E-state index < -0.39 is 4.92 Å². The Labute approximate surface area is 133 Å². The Balaban J connectivity index is 1.89. The Hall–Kier alpha value is -2.90. The quantitative estimate of drug-likeness (QED) is 0.650. The number of anilines is 1. The summed E-state index contributed by atoms with van der Waals surface area (Å²) >= 11 is 0. The van der Waals surface area contributed by atoms with Crippen molar-refractivity contribution in [1.29, 1.82) is 0 Å². The van der Waals surface area contributed by atoms with Gasteiger partial charge in [-0.25, -0.2) is 4.79 Å². The predicted molar refractivity (Wildman–Crippen MR) is 84.5 cm³/mol. The first kappa shape index (κ1) is 16.5. The molecule has 1 aromatic carbocycles. The molecule has 0 unspecified atom stereocenters. The van der Waals surface area contributed by atoms with Crippen LogP contribution in [0.3, 0.4) is 0 Å². The molecule has 0 aliphatic heterocycles. The molecule has 0 aliphatic rings. The maximum absolute atomic E-state index is 11.9. The van der Waals surface area contributed by atoms with Crippen LogP contribution in [0.2, 0.25) is 0 Å². The zero-order valence-corrected chi connectivity index (χ0v) is 13.2. The van der Waals surface area contributed by atoms with Crippen molar-refractivity contribution >= 4 is 17.4 Å². The summed E-state index contributed by atoms with van der Waals surface area (Å²) < 4.78 is 5.06. The van der Waals surface area contributed by atoms with Gasteiger partial charge in [0.1, 0.15) is 5.76 Å². The third kappa shape index (κ3) is 4.06. The van der Waals surface area contributed by atoms with Crippen molar-refractivity contribution in [2.45, 2.75) is 27.2 Å². The van der Waals surface area contributed by atoms with Gasteiger partial charge >= 0.3 is 6.03 Å². The number of urea groups is 1. The molecule has 0 aliphatic carbocycles. The number of hydrogen-bond donors (Lipinski definition) is 2. The lowest BCUT2D eigenvalue weighted by molar-refractivity contribution is -0.384. The number of aromatic nitrogens is 1. The fraction of sp³-hybridized carbons (Fsp3) is 0.333. The van der Waals surface area contributed by atoms with Crippen molar-refractivity contribution in [3.8, 4) is 0 Å². The van der Waals surface area contributed by atoms with Gasteiger partial charge in [-0.15, -0.1) is 0 Å². The molecule has 8 heteroatoms. The van der Waals surface area contributed by atoms with Gasteiger partial charge in [-0.05, 0) is 38.8 Å². The van der Waals surface area contributed by atoms with Crippen LogP contribution in [0.25, 0.3) is 0 Å². The van der Waals surface area contributed by atoms with Crippen LogP contribution in [0.4, 0.5) is 16.2 Å². The second-order valence-corrected chi connectivity index (χ2v) is 5.19. The lowest BCUT2D eigenvalue weighted by Crippen LogP contribution is -2.30. The third-order valence-corrected chi connectivity index (χ3v) is 3.51. The van der Waals surface area contributed by atoms with E-state index >= 15 is 0 Å². The molecule has 0 spiro atoms. The van der Waals surface area contributed by atoms with Crippen LogP contribution < -0.4 is 10.6 Å². The van der Waals surface area contributed by atoms with Crippen LogP contribution in [0.1, 0.15) is 22.6 Å². The Morgan fingerprint density at radius 2 is 2.09 bits per heavy atom. The van der Waals surface area contributed by atoms with E-state index in [-0.39, 0.29) is 11.7 Å². The van der Waals surface area contributed by atoms with Crippen molar-refractivity contribution in [2.75, 3.05) is 11.9 Å². The first-order chi connectivity index (χ1) is 10.9. The minimum Gasteiger partial charge on any atom is -0.361 e. The van der Waals surface area contributed by atoms with E-state index in [2.05, 4.69) is 15.8 Å². The number of benzene rings is 1. The van der Waals surface area contributed by atoms with Crippen LogP contribution in [0, 0.1) is 30.9 Å². The highest BCUT2D eigenvalue weighted by Gasteiger charge is 2.11. The molecular weight excluding hydrogens is 300 g/mol. The first-order valence-corrected chi connectivity index (χ1v) is 7.10. The molecule has 0 bridgehead atoms. The van der Waals surface area contributed by atoms with Gasteiger partial charge < -0.3 is 15.2 Å². The summed E-state index contributed by atoms with van der Waals surface area (Å²) in [5, 5.41) is 20.0. The molecule has 122 valence electrons. The highest BCUT2D eigenvalue weighted by atomic mass is 16.6. The summed E-state index contributed by atoms with van der Waals surface area (Å²) in [6.07, 6.45) is 0.619. The molecule has 2 N–H and O–H groups in total. The van der Waals surface area contributed by atoms with Crippen LogP contribution in [0.15, 0.2) is 22.7 Å². The number of nitrogens with one attached hydrogen (secondary N) is 2. The van der Waals surface area contributed by atoms with E-state index in [1.165, 1.54) is 18.2 Å². The number of nitro benzene ring substituents is 1. The standard InChI is InChI=1S/C15H18N4O4/c1-9-8-12(19(21)22)4-5-14(9)17-15(20)16-7-6-13-10(2)18-23-11(13)3/h4-5,8H,6-7H2,1-3H3,(H2,16,17,20). The van der Waals surface area contributed by atoms with Crippen molar-refractivity contribution in [3.63, 3.8) is 0 Å². The normalized spacial score (nSPS) is 10.4. The van der Waals surface area contributed by atoms with Gasteiger partial charge in [0, 0.05) is 29.9 Å². The van der Waals surface area contributed by atoms with Crippen LogP contribution >= 0.6 is 0 Å². The summed E-state index contributed by atoms with van der Waals surface area (Å²) in [5.74, 6) is 0.746. The monoisotopic (exact) mass is 318 g/mol. The maximum Gasteiger partial charge on any atom is 0.319 e. The molecule has 0 saturated carbocycles. The third-order valence-electron chi connectivity index (χ3n) is 3.51. The Bertz CT molecular complexity index is 720. The van der Waals surface area contributed by atoms with E-state index in [1.807, 2.05) is 13.8 Å². The molecule has 2 aromatic rings. The lowest BCUT2D eigenvalue weighted by Gasteiger charge is -2.09. The van der Waals surface area contributed by atoms with E-state index in [1.54, 1.807) is 6.92 Å². The number of rotatable bonds is 5. The van der Waals surface area contributed by atoms with E-state index in [0.29, 0.717) is 24.2 Å². The number of non-ortho nitro benzene ring substituents is 1. The van der Waals surface area contributed by atoms with Gasteiger partial charge in [-0.3, -0.25) is 10.1 Å². The molecule has 0 fully saturated rings. The Kier molecular flexibility index (Phi) is 4.95. The van der Waals surface area contributed by atoms with Gasteiger partial charge in [0.15, 0.2) is 0 Å². The van der Waals surface area contributed by atoms with E-state index in [0.717, 1.165) is 17.0 Å². The number of amides is 2. The maximum atomic E-state index is 11.9. The summed E-state index contributed by atoms with van der Waals surface area (Å²) in [6, 6.07) is 3.92. The minimum atomic E-state index is -0.472. The van der Waals surface area contributed by atoms with Crippen molar-refractivity contribution in [3.05, 3.63) is 50.9 Å². The number of carbonyl (C=O) groups is 1. The lowest BCUT2D eigenvalue weighted by atomic mass is 10.1. The van der Waals surface area contributed by atoms with E-state index in [4.69, 9.17) is 4.52 Å². The van der Waals surface area contributed by atoms with Crippen molar-refractivity contribution < 1.29 is 14.2 Å². The molecule has 0 saturated heterocycles. The fourth-order valence-electron chi connectivity index (χ4n) is 2.23. The van der Waals surface area contributed by atoms with Crippen LogP contribution in [-0.4, -0.2) is 22.7 Å². The van der Waals surface area contributed by atoms with Gasteiger partial charge in [0.2, 0.25) is 0 Å². The van der Waals surface area contributed by atoms with Crippen LogP contribution in [-0.2, 0) is 6.42 Å². The number of hydrogen-bond acceptors (Lipinski definition) is 5. The molecule has 8 nitrogen and oxygen atoms in total. The van der Waals surface area contributed by atoms with Gasteiger partial charge in [0.05, 0.1) is 10.6 Å². The van der Waals surface area contributed by atoms with Crippen LogP contribution in [0.5, 0.6) is 0 Å². The van der Waals surface area contributed by atoms with Gasteiger partial charge in [0.25, 0.3) is 5.69 Å². The summed E-state index contributed by atoms with van der Waals surface area (Å²) in [7, 11) is 0. The topological polar surface area (TPSA) is 110 Å². The summed E-state index contributed by atoms with van der Waals surface area (Å²) in [5.41, 5.74) is 2.95. The zero-order valence-electron chi connectivity index (χ0n) is 13.2. The predicted octanol–water partition coefficient (Wildman–Crippen LogP) is 2.87. The zero-order chi connectivity index (χ0) is 17.0. The van der Waals surface area contributed by atoms with Crippen molar-refractivity contribution in [2.24, 2.45) is 0 Å². The summed E-state index contributed by atoms with van der Waals surface area (Å²) in [6.45, 7) is 5.81. The average molecular weight is 318 g/mol. The average Bonchev–Trinajstić information content (AvgIpc) is 2.81. The SMILES string of the molecule is Cc1cc([N+](=O)[O-])ccc1NC(=O)NCCc1c(C)noc1C. The molecule has 2 rings (SSSR count). The molecule has 0 atom stereocenters. The number of carbonyl (C=O) groups excluding carboxylic acids is 1. The van der Waals surface area contributed by atoms with Gasteiger partial charge in [-0.2, -0.15) is 0 Å². The number of nitro groups is 1. The number of nitrogens with zero attached hydrogens (tertiary/aromatic N) is 2. The van der Waals surface area contributed by atoms with E-state index in [9.17, 15) is 14.9 Å². The molecule has 2 amide bonds. The summed E-state index contributed by atoms with van der Waals surface area (Å²) in [4.78, 5) is 22.1. The molecule has 1 heterocycles. The van der Waals surface area contributed by atoms with Crippen molar-refractivity contribution in [1.82, 2.24) is 10.5 Å². The molecular formula is C15H18N4O4. The first-order valence-electron chi connectivity index (χ1n) is 7.10. The Morgan fingerprint density at radius 1 is 1.35 bits per heavy atom. The molecule has 1 aromatic heterocycles. The second-order valence-electron chi connectivity index (χ2n) is 5.19. The largest absolute Gasteiger partial charge is 0.361 e. The molecule has 0 radical (unpaired) electrons.